The molecule has 80 valence electrons. The van der Waals surface area contributed by atoms with Gasteiger partial charge in [0, 0.05) is 17.4 Å². The molecule has 0 unspecified atom stereocenters. The zero-order valence-corrected chi connectivity index (χ0v) is 9.29. The van der Waals surface area contributed by atoms with Crippen LogP contribution in [0.1, 0.15) is 25.3 Å². The van der Waals surface area contributed by atoms with Gasteiger partial charge in [-0.1, -0.05) is 23.7 Å². The second-order valence-corrected chi connectivity index (χ2v) is 4.67. The molecule has 1 aliphatic rings. The molecule has 1 aromatic carbocycles. The average Bonchev–Trinajstić information content (AvgIpc) is 2.78. The van der Waals surface area contributed by atoms with Crippen LogP contribution in [0.2, 0.25) is 5.02 Å². The molecule has 2 nitrogen and oxygen atoms in total. The molecule has 0 saturated heterocycles. The van der Waals surface area contributed by atoms with Gasteiger partial charge in [0.05, 0.1) is 5.60 Å². The van der Waals surface area contributed by atoms with Crippen LogP contribution in [0.5, 0.6) is 0 Å². The van der Waals surface area contributed by atoms with Crippen molar-refractivity contribution in [3.8, 4) is 0 Å². The Kier molecular flexibility index (Phi) is 2.57. The maximum Gasteiger partial charge on any atom is 0.130 e. The number of halogens is 1. The van der Waals surface area contributed by atoms with E-state index in [-0.39, 0.29) is 11.7 Å². The first-order valence-electron chi connectivity index (χ1n) is 5.00. The minimum absolute atomic E-state index is 0.0798. The molecule has 2 atom stereocenters. The molecule has 0 amide bonds. The van der Waals surface area contributed by atoms with E-state index in [1.807, 2.05) is 12.1 Å². The number of benzene rings is 1. The number of hydrogen-bond acceptors (Lipinski definition) is 2. The first-order valence-corrected chi connectivity index (χ1v) is 5.38. The summed E-state index contributed by atoms with van der Waals surface area (Å²) in [4.78, 5) is 10.9. The predicted octanol–water partition coefficient (Wildman–Crippen LogP) is 2.53. The number of aliphatic hydroxyl groups is 1. The Morgan fingerprint density at radius 1 is 1.53 bits per heavy atom. The molecule has 1 saturated carbocycles. The van der Waals surface area contributed by atoms with Gasteiger partial charge in [0.15, 0.2) is 0 Å². The fourth-order valence-corrected chi connectivity index (χ4v) is 2.12. The van der Waals surface area contributed by atoms with Crippen LogP contribution >= 0.6 is 11.6 Å². The van der Waals surface area contributed by atoms with E-state index in [0.29, 0.717) is 17.9 Å². The summed E-state index contributed by atoms with van der Waals surface area (Å²) in [6.07, 6.45) is 1.13. The quantitative estimate of drug-likeness (QED) is 0.857. The summed E-state index contributed by atoms with van der Waals surface area (Å²) < 4.78 is 0. The molecule has 15 heavy (non-hydrogen) atoms. The Balaban J connectivity index is 2.12. The molecule has 1 aromatic rings. The van der Waals surface area contributed by atoms with Crippen molar-refractivity contribution in [2.45, 2.75) is 25.4 Å². The van der Waals surface area contributed by atoms with Crippen LogP contribution in [0.15, 0.2) is 24.3 Å². The molecule has 0 radical (unpaired) electrons. The molecule has 0 spiro atoms. The lowest BCUT2D eigenvalue weighted by Crippen LogP contribution is -2.10. The third kappa shape index (κ3) is 2.06. The Morgan fingerprint density at radius 3 is 2.67 bits per heavy atom. The number of carbonyl (C=O) groups is 1. The van der Waals surface area contributed by atoms with E-state index in [0.717, 1.165) is 5.56 Å². The van der Waals surface area contributed by atoms with Gasteiger partial charge in [-0.2, -0.15) is 0 Å². The molecule has 0 aliphatic heterocycles. The molecule has 1 fully saturated rings. The van der Waals surface area contributed by atoms with Gasteiger partial charge in [-0.15, -0.1) is 0 Å². The molecule has 1 N–H and O–H groups in total. The highest BCUT2D eigenvalue weighted by Gasteiger charge is 2.54. The number of rotatable bonds is 3. The summed E-state index contributed by atoms with van der Waals surface area (Å²) in [5, 5.41) is 10.9. The highest BCUT2D eigenvalue weighted by atomic mass is 35.5. The summed E-state index contributed by atoms with van der Waals surface area (Å²) in [6, 6.07) is 7.17. The zero-order chi connectivity index (χ0) is 11.1. The van der Waals surface area contributed by atoms with Crippen LogP contribution < -0.4 is 0 Å². The molecule has 2 rings (SSSR count). The minimum atomic E-state index is -0.795. The molecular weight excluding hydrogens is 212 g/mol. The van der Waals surface area contributed by atoms with E-state index >= 15 is 0 Å². The second kappa shape index (κ2) is 3.62. The number of carbonyl (C=O) groups excluding carboxylic acids is 1. The van der Waals surface area contributed by atoms with Gasteiger partial charge in [-0.3, -0.25) is 0 Å². The smallest absolute Gasteiger partial charge is 0.130 e. The summed E-state index contributed by atoms with van der Waals surface area (Å²) in [5.41, 5.74) is 0.0640. The highest BCUT2D eigenvalue weighted by Crippen LogP contribution is 2.53. The SMILES string of the molecule is CC(=O)C[C@H]1C[C@]1(O)c1ccc(Cl)cc1. The fourth-order valence-electron chi connectivity index (χ4n) is 2.00. The van der Waals surface area contributed by atoms with Crippen LogP contribution in [0.3, 0.4) is 0 Å². The van der Waals surface area contributed by atoms with E-state index in [1.165, 1.54) is 0 Å². The number of Topliss-reactive ketones (excluding diaryl/α,β-unsaturated/α-hetero) is 1. The van der Waals surface area contributed by atoms with Crippen LogP contribution in [-0.2, 0) is 10.4 Å². The number of ketones is 1. The standard InChI is InChI=1S/C12H13ClO2/c1-8(14)6-10-7-12(10,15)9-2-4-11(13)5-3-9/h2-5,10,15H,6-7H2,1H3/t10-,12-/m0/s1. The van der Waals surface area contributed by atoms with E-state index in [4.69, 9.17) is 11.6 Å². The molecule has 0 heterocycles. The summed E-state index contributed by atoms with van der Waals surface area (Å²) in [5.74, 6) is 0.209. The van der Waals surface area contributed by atoms with Crippen molar-refractivity contribution in [2.75, 3.05) is 0 Å². The van der Waals surface area contributed by atoms with Crippen molar-refractivity contribution in [1.29, 1.82) is 0 Å². The largest absolute Gasteiger partial charge is 0.385 e. The first kappa shape index (κ1) is 10.7. The fraction of sp³-hybridized carbons (Fsp3) is 0.417. The number of hydrogen-bond donors (Lipinski definition) is 1. The van der Waals surface area contributed by atoms with Crippen molar-refractivity contribution in [1.82, 2.24) is 0 Å². The normalized spacial score (nSPS) is 28.9. The third-order valence-corrected chi connectivity index (χ3v) is 3.20. The second-order valence-electron chi connectivity index (χ2n) is 4.24. The molecule has 3 heteroatoms. The molecule has 0 bridgehead atoms. The van der Waals surface area contributed by atoms with Crippen molar-refractivity contribution in [3.63, 3.8) is 0 Å². The van der Waals surface area contributed by atoms with E-state index in [9.17, 15) is 9.90 Å². The van der Waals surface area contributed by atoms with Crippen LogP contribution in [0, 0.1) is 5.92 Å². The maximum absolute atomic E-state index is 10.9. The van der Waals surface area contributed by atoms with Gasteiger partial charge in [-0.25, -0.2) is 0 Å². The highest BCUT2D eigenvalue weighted by molar-refractivity contribution is 6.30. The van der Waals surface area contributed by atoms with Crippen molar-refractivity contribution in [2.24, 2.45) is 5.92 Å². The van der Waals surface area contributed by atoms with Crippen LogP contribution in [0.4, 0.5) is 0 Å². The van der Waals surface area contributed by atoms with Gasteiger partial charge in [0.25, 0.3) is 0 Å². The van der Waals surface area contributed by atoms with Crippen molar-refractivity contribution in [3.05, 3.63) is 34.9 Å². The lowest BCUT2D eigenvalue weighted by Gasteiger charge is -2.10. The monoisotopic (exact) mass is 224 g/mol. The lowest BCUT2D eigenvalue weighted by atomic mass is 10.0. The van der Waals surface area contributed by atoms with Gasteiger partial charge >= 0.3 is 0 Å². The Labute approximate surface area is 93.9 Å². The van der Waals surface area contributed by atoms with Gasteiger partial charge < -0.3 is 9.90 Å². The van der Waals surface area contributed by atoms with E-state index < -0.39 is 5.60 Å². The molecular formula is C12H13ClO2. The zero-order valence-electron chi connectivity index (χ0n) is 8.53. The topological polar surface area (TPSA) is 37.3 Å². The predicted molar refractivity (Wildman–Crippen MR) is 58.8 cm³/mol. The summed E-state index contributed by atoms with van der Waals surface area (Å²) in [7, 11) is 0. The Bertz CT molecular complexity index is 385. The Hall–Kier alpha value is -0.860. The van der Waals surface area contributed by atoms with Gasteiger partial charge in [0.2, 0.25) is 0 Å². The van der Waals surface area contributed by atoms with E-state index in [1.54, 1.807) is 19.1 Å². The summed E-state index contributed by atoms with van der Waals surface area (Å²) in [6.45, 7) is 1.56. The van der Waals surface area contributed by atoms with Gasteiger partial charge in [-0.05, 0) is 31.0 Å². The third-order valence-electron chi connectivity index (χ3n) is 2.95. The maximum atomic E-state index is 10.9. The average molecular weight is 225 g/mol. The van der Waals surface area contributed by atoms with Crippen molar-refractivity contribution >= 4 is 17.4 Å². The van der Waals surface area contributed by atoms with Crippen LogP contribution in [-0.4, -0.2) is 10.9 Å². The summed E-state index contributed by atoms with van der Waals surface area (Å²) >= 11 is 5.77. The lowest BCUT2D eigenvalue weighted by molar-refractivity contribution is -0.117. The van der Waals surface area contributed by atoms with Gasteiger partial charge in [0.1, 0.15) is 5.78 Å². The van der Waals surface area contributed by atoms with Crippen molar-refractivity contribution < 1.29 is 9.90 Å². The van der Waals surface area contributed by atoms with E-state index in [2.05, 4.69) is 0 Å². The minimum Gasteiger partial charge on any atom is -0.385 e. The Morgan fingerprint density at radius 2 is 2.13 bits per heavy atom. The molecule has 1 aliphatic carbocycles. The van der Waals surface area contributed by atoms with Crippen LogP contribution in [0.25, 0.3) is 0 Å². The molecule has 0 aromatic heterocycles. The first-order chi connectivity index (χ1) is 7.02.